The van der Waals surface area contributed by atoms with Gasteiger partial charge in [-0.25, -0.2) is 6.57 Å². The van der Waals surface area contributed by atoms with Crippen LogP contribution in [0.3, 0.4) is 0 Å². The first-order valence-corrected chi connectivity index (χ1v) is 5.76. The third kappa shape index (κ3) is 3.74. The summed E-state index contributed by atoms with van der Waals surface area (Å²) in [5.74, 6) is -1.19. The van der Waals surface area contributed by atoms with Crippen LogP contribution in [0.15, 0.2) is 0 Å². The molecule has 0 rings (SSSR count). The smallest absolute Gasteiger partial charge is 0.323 e. The van der Waals surface area contributed by atoms with Crippen molar-refractivity contribution in [2.45, 2.75) is 33.6 Å². The lowest BCUT2D eigenvalue weighted by Gasteiger charge is -2.25. The summed E-state index contributed by atoms with van der Waals surface area (Å²) in [4.78, 5) is 27.0. The molecule has 0 aliphatic heterocycles. The Morgan fingerprint density at radius 1 is 1.12 bits per heavy atom. The molecule has 0 aromatic carbocycles. The van der Waals surface area contributed by atoms with E-state index < -0.39 is 17.4 Å². The lowest BCUT2D eigenvalue weighted by atomic mass is 9.81. The number of esters is 2. The lowest BCUT2D eigenvalue weighted by molar-refractivity contribution is -0.172. The molecule has 17 heavy (non-hydrogen) atoms. The maximum atomic E-state index is 11.9. The highest BCUT2D eigenvalue weighted by atomic mass is 16.6. The molecule has 0 fully saturated rings. The largest absolute Gasteiger partial charge is 0.465 e. The zero-order valence-electron chi connectivity index (χ0n) is 10.6. The number of hydrogen-bond acceptors (Lipinski definition) is 4. The fraction of sp³-hybridized carbons (Fsp3) is 0.750. The van der Waals surface area contributed by atoms with Crippen LogP contribution in [0.1, 0.15) is 33.6 Å². The van der Waals surface area contributed by atoms with Crippen molar-refractivity contribution in [1.82, 2.24) is 0 Å². The lowest BCUT2D eigenvalue weighted by Crippen LogP contribution is -2.42. The molecular formula is C12H19NO4. The number of nitrogens with zero attached hydrogens (tertiary/aromatic N) is 1. The third-order valence-electron chi connectivity index (χ3n) is 2.59. The first-order valence-electron chi connectivity index (χ1n) is 5.76. The Hall–Kier alpha value is -1.57. The van der Waals surface area contributed by atoms with E-state index in [0.29, 0.717) is 0 Å². The quantitative estimate of drug-likeness (QED) is 0.387. The number of hydrogen-bond donors (Lipinski definition) is 0. The molecule has 5 heteroatoms. The van der Waals surface area contributed by atoms with Crippen molar-refractivity contribution in [3.63, 3.8) is 0 Å². The molecule has 0 unspecified atom stereocenters. The van der Waals surface area contributed by atoms with E-state index in [2.05, 4.69) is 4.85 Å². The van der Waals surface area contributed by atoms with Gasteiger partial charge in [-0.1, -0.05) is 6.92 Å². The van der Waals surface area contributed by atoms with Crippen molar-refractivity contribution in [3.8, 4) is 0 Å². The fourth-order valence-corrected chi connectivity index (χ4v) is 1.54. The molecule has 5 nitrogen and oxygen atoms in total. The van der Waals surface area contributed by atoms with Crippen LogP contribution in [-0.2, 0) is 19.1 Å². The second-order valence-electron chi connectivity index (χ2n) is 3.51. The van der Waals surface area contributed by atoms with Gasteiger partial charge in [0.2, 0.25) is 6.54 Å². The predicted octanol–water partition coefficient (Wildman–Crippen LogP) is 1.82. The molecule has 0 aromatic heterocycles. The molecule has 0 radical (unpaired) electrons. The normalized spacial score (nSPS) is 10.5. The Labute approximate surface area is 102 Å². The summed E-state index contributed by atoms with van der Waals surface area (Å²) >= 11 is 0. The summed E-state index contributed by atoms with van der Waals surface area (Å²) in [6.07, 6.45) is 0.421. The maximum absolute atomic E-state index is 11.9. The van der Waals surface area contributed by atoms with Crippen LogP contribution in [0.4, 0.5) is 0 Å². The van der Waals surface area contributed by atoms with E-state index in [1.54, 1.807) is 20.8 Å². The van der Waals surface area contributed by atoms with E-state index in [1.807, 2.05) is 0 Å². The van der Waals surface area contributed by atoms with Crippen molar-refractivity contribution < 1.29 is 19.1 Å². The summed E-state index contributed by atoms with van der Waals surface area (Å²) in [6, 6.07) is 0. The van der Waals surface area contributed by atoms with Gasteiger partial charge in [0.15, 0.2) is 5.41 Å². The molecule has 0 N–H and O–H groups in total. The van der Waals surface area contributed by atoms with Crippen LogP contribution in [0.2, 0.25) is 0 Å². The summed E-state index contributed by atoms with van der Waals surface area (Å²) in [5.41, 5.74) is -1.32. The number of carbonyl (C=O) groups is 2. The van der Waals surface area contributed by atoms with Crippen LogP contribution in [0, 0.1) is 12.0 Å². The van der Waals surface area contributed by atoms with Gasteiger partial charge in [-0.2, -0.15) is 0 Å². The minimum Gasteiger partial charge on any atom is -0.465 e. The van der Waals surface area contributed by atoms with E-state index in [4.69, 9.17) is 16.0 Å². The number of ether oxygens (including phenoxy) is 2. The van der Waals surface area contributed by atoms with Crippen LogP contribution in [0.25, 0.3) is 4.85 Å². The minimum atomic E-state index is -1.32. The second-order valence-corrected chi connectivity index (χ2v) is 3.51. The number of rotatable bonds is 7. The molecule has 0 heterocycles. The van der Waals surface area contributed by atoms with Gasteiger partial charge < -0.3 is 14.3 Å². The summed E-state index contributed by atoms with van der Waals surface area (Å²) in [6.45, 7) is 12.4. The monoisotopic (exact) mass is 241 g/mol. The Morgan fingerprint density at radius 2 is 1.59 bits per heavy atom. The standard InChI is InChI=1S/C12H19NO4/c1-5-12(8-9-13-4,10(14)16-6-2)11(15)17-7-3/h5-9H2,1-3H3. The van der Waals surface area contributed by atoms with E-state index in [1.165, 1.54) is 0 Å². The van der Waals surface area contributed by atoms with Crippen LogP contribution in [0.5, 0.6) is 0 Å². The van der Waals surface area contributed by atoms with Crippen LogP contribution >= 0.6 is 0 Å². The maximum Gasteiger partial charge on any atom is 0.323 e. The second kappa shape index (κ2) is 7.66. The molecule has 0 saturated heterocycles. The Kier molecular flexibility index (Phi) is 6.95. The van der Waals surface area contributed by atoms with Gasteiger partial charge in [-0.15, -0.1) is 0 Å². The molecule has 0 spiro atoms. The predicted molar refractivity (Wildman–Crippen MR) is 62.1 cm³/mol. The Balaban J connectivity index is 5.06. The molecule has 0 bridgehead atoms. The van der Waals surface area contributed by atoms with Gasteiger partial charge in [0.25, 0.3) is 0 Å². The van der Waals surface area contributed by atoms with Gasteiger partial charge in [0.05, 0.1) is 13.2 Å². The SMILES string of the molecule is [C-]#[N+]CCC(CC)(C(=O)OCC)C(=O)OCC. The molecule has 0 saturated carbocycles. The molecule has 0 amide bonds. The van der Waals surface area contributed by atoms with E-state index in [-0.39, 0.29) is 32.6 Å². The Bertz CT molecular complexity index is 288. The van der Waals surface area contributed by atoms with Crippen molar-refractivity contribution in [1.29, 1.82) is 0 Å². The first-order chi connectivity index (χ1) is 8.08. The van der Waals surface area contributed by atoms with Crippen LogP contribution < -0.4 is 0 Å². The fourth-order valence-electron chi connectivity index (χ4n) is 1.54. The Morgan fingerprint density at radius 3 is 1.88 bits per heavy atom. The summed E-state index contributed by atoms with van der Waals surface area (Å²) < 4.78 is 9.84. The van der Waals surface area contributed by atoms with Crippen LogP contribution in [-0.4, -0.2) is 31.7 Å². The van der Waals surface area contributed by atoms with Gasteiger partial charge in [0.1, 0.15) is 0 Å². The topological polar surface area (TPSA) is 57.0 Å². The van der Waals surface area contributed by atoms with Crippen molar-refractivity contribution in [2.24, 2.45) is 5.41 Å². The zero-order valence-corrected chi connectivity index (χ0v) is 10.6. The molecule has 0 aromatic rings. The van der Waals surface area contributed by atoms with Gasteiger partial charge in [-0.05, 0) is 20.3 Å². The molecule has 0 atom stereocenters. The highest BCUT2D eigenvalue weighted by Crippen LogP contribution is 2.30. The van der Waals surface area contributed by atoms with Gasteiger partial charge >= 0.3 is 11.9 Å². The van der Waals surface area contributed by atoms with Gasteiger partial charge in [0, 0.05) is 6.42 Å². The van der Waals surface area contributed by atoms with Gasteiger partial charge in [-0.3, -0.25) is 9.59 Å². The third-order valence-corrected chi connectivity index (χ3v) is 2.59. The highest BCUT2D eigenvalue weighted by molar-refractivity contribution is 6.00. The van der Waals surface area contributed by atoms with E-state index >= 15 is 0 Å². The summed E-state index contributed by atoms with van der Waals surface area (Å²) in [7, 11) is 0. The minimum absolute atomic E-state index is 0.103. The van der Waals surface area contributed by atoms with Crippen molar-refractivity contribution >= 4 is 11.9 Å². The highest BCUT2D eigenvalue weighted by Gasteiger charge is 2.47. The average Bonchev–Trinajstić information content (AvgIpc) is 2.31. The summed E-state index contributed by atoms with van der Waals surface area (Å²) in [5, 5.41) is 0. The number of carbonyl (C=O) groups excluding carboxylic acids is 2. The van der Waals surface area contributed by atoms with E-state index in [0.717, 1.165) is 0 Å². The van der Waals surface area contributed by atoms with Crippen molar-refractivity contribution in [3.05, 3.63) is 11.4 Å². The van der Waals surface area contributed by atoms with E-state index in [9.17, 15) is 9.59 Å². The van der Waals surface area contributed by atoms with Crippen molar-refractivity contribution in [2.75, 3.05) is 19.8 Å². The zero-order chi connectivity index (χ0) is 13.3. The first kappa shape index (κ1) is 15.4. The molecule has 96 valence electrons. The molecule has 0 aliphatic carbocycles. The molecular weight excluding hydrogens is 222 g/mol. The molecule has 0 aliphatic rings. The average molecular weight is 241 g/mol.